The minimum absolute atomic E-state index is 0.0625. The Balaban J connectivity index is 3.43. The Labute approximate surface area is 63.8 Å². The molecule has 0 fully saturated rings. The quantitative estimate of drug-likeness (QED) is 0.651. The lowest BCUT2D eigenvalue weighted by Gasteiger charge is -2.03. The standard InChI is InChI=1S/C5H8Cl2O2/c6-2-4(3-7)1-5(8)9/h4H,1-3H2,(H,8,9). The molecule has 0 aliphatic carbocycles. The van der Waals surface area contributed by atoms with Crippen LogP contribution in [0, 0.1) is 5.92 Å². The number of rotatable bonds is 4. The van der Waals surface area contributed by atoms with Crippen molar-refractivity contribution in [1.82, 2.24) is 0 Å². The van der Waals surface area contributed by atoms with Crippen molar-refractivity contribution < 1.29 is 9.90 Å². The fourth-order valence-electron chi connectivity index (χ4n) is 0.397. The first-order valence-electron chi connectivity index (χ1n) is 2.54. The predicted octanol–water partition coefficient (Wildman–Crippen LogP) is 1.55. The second-order valence-corrected chi connectivity index (χ2v) is 2.39. The van der Waals surface area contributed by atoms with E-state index in [4.69, 9.17) is 28.3 Å². The summed E-state index contributed by atoms with van der Waals surface area (Å²) in [7, 11) is 0. The van der Waals surface area contributed by atoms with Crippen molar-refractivity contribution in [2.45, 2.75) is 6.42 Å². The van der Waals surface area contributed by atoms with Gasteiger partial charge >= 0.3 is 5.97 Å². The van der Waals surface area contributed by atoms with E-state index >= 15 is 0 Å². The molecule has 54 valence electrons. The van der Waals surface area contributed by atoms with Crippen LogP contribution in [0.5, 0.6) is 0 Å². The van der Waals surface area contributed by atoms with Crippen LogP contribution in [0.3, 0.4) is 0 Å². The smallest absolute Gasteiger partial charge is 0.303 e. The molecule has 9 heavy (non-hydrogen) atoms. The van der Waals surface area contributed by atoms with Crippen molar-refractivity contribution >= 4 is 29.2 Å². The van der Waals surface area contributed by atoms with E-state index in [1.807, 2.05) is 0 Å². The Morgan fingerprint density at radius 3 is 2.00 bits per heavy atom. The van der Waals surface area contributed by atoms with Gasteiger partial charge in [-0.3, -0.25) is 4.79 Å². The van der Waals surface area contributed by atoms with Gasteiger partial charge in [0.1, 0.15) is 0 Å². The summed E-state index contributed by atoms with van der Waals surface area (Å²) in [6, 6.07) is 0. The van der Waals surface area contributed by atoms with Gasteiger partial charge in [-0.25, -0.2) is 0 Å². The van der Waals surface area contributed by atoms with E-state index < -0.39 is 5.97 Å². The first-order chi connectivity index (χ1) is 4.20. The van der Waals surface area contributed by atoms with Crippen molar-refractivity contribution in [2.75, 3.05) is 11.8 Å². The van der Waals surface area contributed by atoms with Gasteiger partial charge in [0.25, 0.3) is 0 Å². The topological polar surface area (TPSA) is 37.3 Å². The average molecular weight is 171 g/mol. The van der Waals surface area contributed by atoms with Crippen LogP contribution >= 0.6 is 23.2 Å². The van der Waals surface area contributed by atoms with E-state index in [1.54, 1.807) is 0 Å². The zero-order valence-electron chi connectivity index (χ0n) is 4.81. The van der Waals surface area contributed by atoms with Crippen LogP contribution < -0.4 is 0 Å². The summed E-state index contributed by atoms with van der Waals surface area (Å²) in [6.07, 6.45) is 0.0625. The summed E-state index contributed by atoms with van der Waals surface area (Å²) < 4.78 is 0. The maximum absolute atomic E-state index is 10.0. The molecule has 0 aromatic rings. The lowest BCUT2D eigenvalue weighted by molar-refractivity contribution is -0.137. The number of carbonyl (C=O) groups is 1. The van der Waals surface area contributed by atoms with Crippen LogP contribution in [0.25, 0.3) is 0 Å². The van der Waals surface area contributed by atoms with E-state index in [9.17, 15) is 4.79 Å². The third kappa shape index (κ3) is 4.55. The summed E-state index contributed by atoms with van der Waals surface area (Å²) in [4.78, 5) is 10.0. The number of carboxylic acids is 1. The predicted molar refractivity (Wildman–Crippen MR) is 37.2 cm³/mol. The van der Waals surface area contributed by atoms with Gasteiger partial charge in [-0.2, -0.15) is 0 Å². The molecule has 0 saturated carbocycles. The summed E-state index contributed by atoms with van der Waals surface area (Å²) in [6.45, 7) is 0. The summed E-state index contributed by atoms with van der Waals surface area (Å²) in [5.41, 5.74) is 0. The molecule has 1 N–H and O–H groups in total. The average Bonchev–Trinajstić information content (AvgIpc) is 1.82. The fraction of sp³-hybridized carbons (Fsp3) is 0.800. The normalized spacial score (nSPS) is 10.1. The molecule has 0 aromatic heterocycles. The summed E-state index contributed by atoms with van der Waals surface area (Å²) in [5, 5.41) is 8.23. The first-order valence-corrected chi connectivity index (χ1v) is 3.61. The lowest BCUT2D eigenvalue weighted by Crippen LogP contribution is -2.10. The van der Waals surface area contributed by atoms with Gasteiger partial charge in [0, 0.05) is 11.8 Å². The molecule has 0 rings (SSSR count). The van der Waals surface area contributed by atoms with Crippen molar-refractivity contribution in [1.29, 1.82) is 0 Å². The molecule has 0 aromatic carbocycles. The highest BCUT2D eigenvalue weighted by Crippen LogP contribution is 2.06. The van der Waals surface area contributed by atoms with Crippen molar-refractivity contribution in [3.8, 4) is 0 Å². The summed E-state index contributed by atoms with van der Waals surface area (Å²) >= 11 is 10.7. The van der Waals surface area contributed by atoms with E-state index in [-0.39, 0.29) is 12.3 Å². The van der Waals surface area contributed by atoms with E-state index in [0.717, 1.165) is 0 Å². The van der Waals surface area contributed by atoms with Gasteiger partial charge in [-0.05, 0) is 5.92 Å². The van der Waals surface area contributed by atoms with Gasteiger partial charge in [-0.15, -0.1) is 23.2 Å². The van der Waals surface area contributed by atoms with Crippen LogP contribution in [0.4, 0.5) is 0 Å². The second-order valence-electron chi connectivity index (χ2n) is 1.77. The van der Waals surface area contributed by atoms with Crippen molar-refractivity contribution in [2.24, 2.45) is 5.92 Å². The third-order valence-electron chi connectivity index (χ3n) is 0.900. The molecular formula is C5H8Cl2O2. The second kappa shape index (κ2) is 4.89. The Morgan fingerprint density at radius 1 is 1.44 bits per heavy atom. The largest absolute Gasteiger partial charge is 0.481 e. The minimum atomic E-state index is -0.846. The molecule has 0 aliphatic heterocycles. The number of carboxylic acid groups (broad SMARTS) is 1. The minimum Gasteiger partial charge on any atom is -0.481 e. The molecule has 0 spiro atoms. The fourth-order valence-corrected chi connectivity index (χ4v) is 0.945. The monoisotopic (exact) mass is 170 g/mol. The SMILES string of the molecule is O=C(O)CC(CCl)CCl. The Morgan fingerprint density at radius 2 is 1.89 bits per heavy atom. The maximum Gasteiger partial charge on any atom is 0.303 e. The molecule has 0 saturated heterocycles. The molecule has 0 atom stereocenters. The molecule has 0 heterocycles. The Hall–Kier alpha value is 0.0500. The summed E-state index contributed by atoms with van der Waals surface area (Å²) in [5.74, 6) is -0.307. The molecular weight excluding hydrogens is 163 g/mol. The number of halogens is 2. The van der Waals surface area contributed by atoms with Crippen molar-refractivity contribution in [3.05, 3.63) is 0 Å². The number of alkyl halides is 2. The lowest BCUT2D eigenvalue weighted by atomic mass is 10.1. The zero-order valence-corrected chi connectivity index (χ0v) is 6.32. The Kier molecular flexibility index (Phi) is 4.91. The molecule has 0 amide bonds. The van der Waals surface area contributed by atoms with E-state index in [0.29, 0.717) is 11.8 Å². The molecule has 4 heteroatoms. The van der Waals surface area contributed by atoms with Crippen molar-refractivity contribution in [3.63, 3.8) is 0 Å². The highest BCUT2D eigenvalue weighted by atomic mass is 35.5. The Bertz CT molecular complexity index is 91.0. The van der Waals surface area contributed by atoms with E-state index in [1.165, 1.54) is 0 Å². The maximum atomic E-state index is 10.0. The van der Waals surface area contributed by atoms with Gasteiger partial charge in [0.2, 0.25) is 0 Å². The van der Waals surface area contributed by atoms with Crippen LogP contribution in [0.15, 0.2) is 0 Å². The van der Waals surface area contributed by atoms with Gasteiger partial charge in [-0.1, -0.05) is 0 Å². The molecule has 0 unspecified atom stereocenters. The number of aliphatic carboxylic acids is 1. The van der Waals surface area contributed by atoms with Gasteiger partial charge in [0.15, 0.2) is 0 Å². The molecule has 0 bridgehead atoms. The highest BCUT2D eigenvalue weighted by molar-refractivity contribution is 6.21. The van der Waals surface area contributed by atoms with Gasteiger partial charge in [0.05, 0.1) is 6.42 Å². The molecule has 0 radical (unpaired) electrons. The first kappa shape index (κ1) is 9.05. The van der Waals surface area contributed by atoms with Crippen LogP contribution in [-0.4, -0.2) is 22.8 Å². The zero-order chi connectivity index (χ0) is 7.28. The van der Waals surface area contributed by atoms with Gasteiger partial charge < -0.3 is 5.11 Å². The van der Waals surface area contributed by atoms with Crippen LogP contribution in [0.1, 0.15) is 6.42 Å². The highest BCUT2D eigenvalue weighted by Gasteiger charge is 2.09. The number of hydrogen-bond acceptors (Lipinski definition) is 1. The number of hydrogen-bond donors (Lipinski definition) is 1. The van der Waals surface area contributed by atoms with Crippen LogP contribution in [0.2, 0.25) is 0 Å². The molecule has 2 nitrogen and oxygen atoms in total. The van der Waals surface area contributed by atoms with E-state index in [2.05, 4.69) is 0 Å². The van der Waals surface area contributed by atoms with Crippen LogP contribution in [-0.2, 0) is 4.79 Å². The third-order valence-corrected chi connectivity index (χ3v) is 1.77. The molecule has 0 aliphatic rings.